The van der Waals surface area contributed by atoms with Gasteiger partial charge in [-0.2, -0.15) is 0 Å². The van der Waals surface area contributed by atoms with Crippen LogP contribution in [0.3, 0.4) is 0 Å². The average molecular weight is 434 g/mol. The summed E-state index contributed by atoms with van der Waals surface area (Å²) in [6.07, 6.45) is 6.50. The molecule has 3 heterocycles. The van der Waals surface area contributed by atoms with E-state index >= 15 is 0 Å². The fraction of sp³-hybridized carbons (Fsp3) is 0.417. The number of anilines is 2. The summed E-state index contributed by atoms with van der Waals surface area (Å²) in [5.41, 5.74) is 14.7. The molecule has 0 saturated carbocycles. The normalized spacial score (nSPS) is 17.0. The van der Waals surface area contributed by atoms with E-state index in [1.807, 2.05) is 12.1 Å². The fourth-order valence-electron chi connectivity index (χ4n) is 4.43. The molecule has 168 valence electrons. The van der Waals surface area contributed by atoms with Crippen molar-refractivity contribution in [3.05, 3.63) is 54.0 Å². The third kappa shape index (κ3) is 5.13. The Morgan fingerprint density at radius 2 is 1.94 bits per heavy atom. The van der Waals surface area contributed by atoms with Gasteiger partial charge in [0.25, 0.3) is 0 Å². The van der Waals surface area contributed by atoms with E-state index in [0.29, 0.717) is 24.5 Å². The van der Waals surface area contributed by atoms with Gasteiger partial charge in [-0.15, -0.1) is 0 Å². The maximum Gasteiger partial charge on any atom is 0.223 e. The third-order valence-electron chi connectivity index (χ3n) is 6.12. The van der Waals surface area contributed by atoms with Crippen LogP contribution in [0.15, 0.2) is 42.9 Å². The zero-order valence-corrected chi connectivity index (χ0v) is 18.6. The van der Waals surface area contributed by atoms with Crippen LogP contribution in [0, 0.1) is 0 Å². The Balaban J connectivity index is 1.38. The van der Waals surface area contributed by atoms with Crippen LogP contribution in [-0.2, 0) is 17.8 Å². The highest BCUT2D eigenvalue weighted by Gasteiger charge is 2.29. The third-order valence-corrected chi connectivity index (χ3v) is 6.12. The molecule has 32 heavy (non-hydrogen) atoms. The molecule has 0 aliphatic carbocycles. The van der Waals surface area contributed by atoms with E-state index in [1.54, 1.807) is 12.3 Å². The number of benzene rings is 1. The number of aromatic nitrogens is 3. The van der Waals surface area contributed by atoms with Crippen LogP contribution in [0.5, 0.6) is 0 Å². The van der Waals surface area contributed by atoms with E-state index in [1.165, 1.54) is 11.9 Å². The highest BCUT2D eigenvalue weighted by atomic mass is 16.2. The summed E-state index contributed by atoms with van der Waals surface area (Å²) in [7, 11) is 0. The quantitative estimate of drug-likeness (QED) is 0.589. The highest BCUT2D eigenvalue weighted by molar-refractivity contribution is 5.88. The van der Waals surface area contributed by atoms with E-state index in [0.717, 1.165) is 55.5 Å². The molecule has 0 spiro atoms. The molecule has 1 aliphatic heterocycles. The number of piperazine rings is 1. The Hall–Kier alpha value is -3.26. The minimum atomic E-state index is 0.220. The van der Waals surface area contributed by atoms with Crippen molar-refractivity contribution in [3.8, 4) is 0 Å². The van der Waals surface area contributed by atoms with Gasteiger partial charge < -0.3 is 16.4 Å². The lowest BCUT2D eigenvalue weighted by atomic mass is 10.0. The minimum Gasteiger partial charge on any atom is -0.384 e. The van der Waals surface area contributed by atoms with Crippen LogP contribution < -0.4 is 11.5 Å². The molecule has 0 unspecified atom stereocenters. The lowest BCUT2D eigenvalue weighted by Gasteiger charge is -2.41. The van der Waals surface area contributed by atoms with Crippen molar-refractivity contribution in [2.24, 2.45) is 0 Å². The van der Waals surface area contributed by atoms with Crippen LogP contribution >= 0.6 is 0 Å². The zero-order valence-electron chi connectivity index (χ0n) is 18.6. The van der Waals surface area contributed by atoms with Crippen molar-refractivity contribution in [2.45, 2.75) is 45.2 Å². The van der Waals surface area contributed by atoms with Gasteiger partial charge in [-0.3, -0.25) is 9.69 Å². The molecule has 3 aromatic rings. The highest BCUT2D eigenvalue weighted by Crippen LogP contribution is 2.22. The number of hydrogen-bond acceptors (Lipinski definition) is 7. The first-order chi connectivity index (χ1) is 15.5. The molecule has 1 aliphatic rings. The lowest BCUT2D eigenvalue weighted by molar-refractivity contribution is -0.136. The second-order valence-corrected chi connectivity index (χ2v) is 8.47. The number of fused-ring (bicyclic) bond motifs is 1. The van der Waals surface area contributed by atoms with Gasteiger partial charge in [0, 0.05) is 50.2 Å². The molecule has 8 nitrogen and oxygen atoms in total. The van der Waals surface area contributed by atoms with E-state index in [9.17, 15) is 4.79 Å². The SMILES string of the molecule is CCC[C@H]1CN(Cc2ccc3c(N)ncnc3c2)CCN1C(=O)CCc1ccc(N)nc1. The van der Waals surface area contributed by atoms with Crippen molar-refractivity contribution in [2.75, 3.05) is 31.1 Å². The van der Waals surface area contributed by atoms with Crippen molar-refractivity contribution in [3.63, 3.8) is 0 Å². The number of aryl methyl sites for hydroxylation is 1. The number of carbonyl (C=O) groups is 1. The number of carbonyl (C=O) groups excluding carboxylic acids is 1. The van der Waals surface area contributed by atoms with Gasteiger partial charge in [0.1, 0.15) is 18.0 Å². The Morgan fingerprint density at radius 3 is 2.72 bits per heavy atom. The number of rotatable bonds is 7. The van der Waals surface area contributed by atoms with Crippen molar-refractivity contribution < 1.29 is 4.79 Å². The minimum absolute atomic E-state index is 0.220. The summed E-state index contributed by atoms with van der Waals surface area (Å²) in [4.78, 5) is 30.0. The van der Waals surface area contributed by atoms with Crippen LogP contribution in [0.25, 0.3) is 10.9 Å². The first-order valence-corrected chi connectivity index (χ1v) is 11.2. The Morgan fingerprint density at radius 1 is 1.09 bits per heavy atom. The van der Waals surface area contributed by atoms with E-state index in [-0.39, 0.29) is 11.9 Å². The summed E-state index contributed by atoms with van der Waals surface area (Å²) < 4.78 is 0. The standard InChI is InChI=1S/C24H31N7O/c1-2-3-19-15-30(14-18-4-7-20-21(12-18)28-16-29-24(20)26)10-11-31(19)23(32)9-6-17-5-8-22(25)27-13-17/h4-5,7-8,12-13,16,19H,2-3,6,9-11,14-15H2,1H3,(H2,25,27)(H2,26,28,29)/t19-/m0/s1. The Labute approximate surface area is 188 Å². The van der Waals surface area contributed by atoms with Gasteiger partial charge in [0.2, 0.25) is 5.91 Å². The number of nitrogen functional groups attached to an aromatic ring is 2. The first kappa shape index (κ1) is 22.0. The summed E-state index contributed by atoms with van der Waals surface area (Å²) in [5.74, 6) is 1.23. The number of hydrogen-bond donors (Lipinski definition) is 2. The summed E-state index contributed by atoms with van der Waals surface area (Å²) in [6.45, 7) is 5.51. The number of nitrogens with two attached hydrogens (primary N) is 2. The Bertz CT molecular complexity index is 1070. The average Bonchev–Trinajstić information content (AvgIpc) is 2.79. The monoisotopic (exact) mass is 433 g/mol. The fourth-order valence-corrected chi connectivity index (χ4v) is 4.43. The van der Waals surface area contributed by atoms with E-state index in [2.05, 4.69) is 43.8 Å². The van der Waals surface area contributed by atoms with Gasteiger partial charge in [-0.05, 0) is 42.2 Å². The zero-order chi connectivity index (χ0) is 22.5. The predicted molar refractivity (Wildman–Crippen MR) is 127 cm³/mol. The maximum absolute atomic E-state index is 13.0. The molecule has 0 bridgehead atoms. The van der Waals surface area contributed by atoms with Crippen molar-refractivity contribution in [1.82, 2.24) is 24.8 Å². The molecule has 8 heteroatoms. The first-order valence-electron chi connectivity index (χ1n) is 11.2. The molecule has 4 N–H and O–H groups in total. The molecule has 1 fully saturated rings. The second kappa shape index (κ2) is 9.91. The predicted octanol–water partition coefficient (Wildman–Crippen LogP) is 2.63. The number of pyridine rings is 1. The summed E-state index contributed by atoms with van der Waals surface area (Å²) in [5, 5.41) is 0.881. The maximum atomic E-state index is 13.0. The van der Waals surface area contributed by atoms with Crippen LogP contribution in [0.2, 0.25) is 0 Å². The molecular formula is C24H31N7O. The Kier molecular flexibility index (Phi) is 6.80. The molecule has 2 aromatic heterocycles. The topological polar surface area (TPSA) is 114 Å². The van der Waals surface area contributed by atoms with Gasteiger partial charge in [-0.1, -0.05) is 25.5 Å². The molecule has 4 rings (SSSR count). The second-order valence-electron chi connectivity index (χ2n) is 8.47. The van der Waals surface area contributed by atoms with Gasteiger partial charge >= 0.3 is 0 Å². The van der Waals surface area contributed by atoms with Gasteiger partial charge in [-0.25, -0.2) is 15.0 Å². The lowest BCUT2D eigenvalue weighted by Crippen LogP contribution is -2.54. The molecular weight excluding hydrogens is 402 g/mol. The van der Waals surface area contributed by atoms with Crippen LogP contribution in [-0.4, -0.2) is 56.3 Å². The molecule has 1 saturated heterocycles. The molecule has 1 aromatic carbocycles. The van der Waals surface area contributed by atoms with Gasteiger partial charge in [0.05, 0.1) is 5.52 Å². The van der Waals surface area contributed by atoms with Crippen LogP contribution in [0.4, 0.5) is 11.6 Å². The smallest absolute Gasteiger partial charge is 0.223 e. The van der Waals surface area contributed by atoms with Gasteiger partial charge in [0.15, 0.2) is 0 Å². The van der Waals surface area contributed by atoms with Crippen LogP contribution in [0.1, 0.15) is 37.3 Å². The summed E-state index contributed by atoms with van der Waals surface area (Å²) in [6, 6.07) is 10.1. The molecule has 1 amide bonds. The van der Waals surface area contributed by atoms with E-state index < -0.39 is 0 Å². The molecule has 0 radical (unpaired) electrons. The van der Waals surface area contributed by atoms with Crippen molar-refractivity contribution >= 4 is 28.4 Å². The molecule has 1 atom stereocenters. The summed E-state index contributed by atoms with van der Waals surface area (Å²) >= 11 is 0. The largest absolute Gasteiger partial charge is 0.384 e. The van der Waals surface area contributed by atoms with E-state index in [4.69, 9.17) is 11.5 Å². The number of amides is 1. The number of nitrogens with zero attached hydrogens (tertiary/aromatic N) is 5. The van der Waals surface area contributed by atoms with Crippen molar-refractivity contribution in [1.29, 1.82) is 0 Å².